The van der Waals surface area contributed by atoms with Gasteiger partial charge in [0.1, 0.15) is 0 Å². The molecule has 0 aliphatic carbocycles. The van der Waals surface area contributed by atoms with Crippen molar-refractivity contribution in [3.63, 3.8) is 0 Å². The Morgan fingerprint density at radius 2 is 1.07 bits per heavy atom. The summed E-state index contributed by atoms with van der Waals surface area (Å²) in [6.45, 7) is 0. The largest absolute Gasteiger partial charge is 0.478 e. The summed E-state index contributed by atoms with van der Waals surface area (Å²) in [5.41, 5.74) is -3.22. The zero-order chi connectivity index (χ0) is 21.7. The first kappa shape index (κ1) is 18.7. The summed E-state index contributed by atoms with van der Waals surface area (Å²) in [6, 6.07) is 5.94. The van der Waals surface area contributed by atoms with Gasteiger partial charge in [0.05, 0.1) is 38.2 Å². The molecule has 0 spiro atoms. The second-order valence-corrected chi connectivity index (χ2v) is 6.04. The summed E-state index contributed by atoms with van der Waals surface area (Å²) in [5, 5.41) is 8.56. The van der Waals surface area contributed by atoms with Crippen LogP contribution >= 0.6 is 0 Å². The van der Waals surface area contributed by atoms with Gasteiger partial charge in [-0.1, -0.05) is 0 Å². The average molecular weight is 410 g/mol. The van der Waals surface area contributed by atoms with Crippen LogP contribution in [0.2, 0.25) is 0 Å². The van der Waals surface area contributed by atoms with Gasteiger partial charge in [0, 0.05) is 0 Å². The fraction of sp³-hybridized carbons (Fsp3) is 0. The van der Waals surface area contributed by atoms with Crippen molar-refractivity contribution in [2.75, 3.05) is 0 Å². The first-order chi connectivity index (χ1) is 14.2. The molecular weight excluding hydrogens is 404 g/mol. The predicted molar refractivity (Wildman–Crippen MR) is 96.6 cm³/mol. The first-order valence-corrected chi connectivity index (χ1v) is 8.02. The Bertz CT molecular complexity index is 1460. The van der Waals surface area contributed by atoms with Crippen LogP contribution in [0.1, 0.15) is 31.1 Å². The number of fused-ring (bicyclic) bond motifs is 3. The molecule has 148 valence electrons. The van der Waals surface area contributed by atoms with E-state index in [0.717, 1.165) is 18.2 Å². The van der Waals surface area contributed by atoms with Crippen molar-refractivity contribution in [1.82, 2.24) is 0 Å². The van der Waals surface area contributed by atoms with E-state index in [1.807, 2.05) is 0 Å². The highest BCUT2D eigenvalue weighted by Crippen LogP contribution is 2.21. The van der Waals surface area contributed by atoms with Gasteiger partial charge in [-0.05, 0) is 30.3 Å². The van der Waals surface area contributed by atoms with Gasteiger partial charge < -0.3 is 18.7 Å². The first-order valence-electron chi connectivity index (χ1n) is 8.02. The van der Waals surface area contributed by atoms with Gasteiger partial charge in [-0.3, -0.25) is 0 Å². The zero-order valence-corrected chi connectivity index (χ0v) is 14.4. The maximum Gasteiger partial charge on any atom is 0.346 e. The zero-order valence-electron chi connectivity index (χ0n) is 14.4. The maximum atomic E-state index is 11.2. The van der Waals surface area contributed by atoms with E-state index < -0.39 is 40.4 Å². The molecule has 2 aromatic carbocycles. The van der Waals surface area contributed by atoms with E-state index in [-0.39, 0.29) is 38.2 Å². The third-order valence-corrected chi connectivity index (χ3v) is 4.30. The fourth-order valence-electron chi connectivity index (χ4n) is 2.88. The predicted octanol–water partition coefficient (Wildman–Crippen LogP) is 0.191. The molecular formula is C19H6O11. The minimum atomic E-state index is -1.15. The van der Waals surface area contributed by atoms with Gasteiger partial charge in [-0.25, -0.2) is 33.6 Å². The van der Waals surface area contributed by atoms with Gasteiger partial charge in [0.25, 0.3) is 0 Å². The van der Waals surface area contributed by atoms with Crippen molar-refractivity contribution < 1.29 is 33.1 Å². The van der Waals surface area contributed by atoms with Crippen LogP contribution in [0.3, 0.4) is 0 Å². The van der Waals surface area contributed by atoms with Gasteiger partial charge >= 0.3 is 40.4 Å². The lowest BCUT2D eigenvalue weighted by molar-refractivity contribution is 0.0443. The normalized spacial score (nSPS) is 12.5. The van der Waals surface area contributed by atoms with E-state index in [1.54, 1.807) is 0 Å². The van der Waals surface area contributed by atoms with Crippen molar-refractivity contribution in [3.05, 3.63) is 88.7 Å². The van der Waals surface area contributed by atoms with Crippen LogP contribution in [0, 0.1) is 0 Å². The van der Waals surface area contributed by atoms with E-state index in [0.29, 0.717) is 0 Å². The van der Waals surface area contributed by atoms with E-state index in [9.17, 15) is 33.6 Å². The van der Waals surface area contributed by atoms with Crippen molar-refractivity contribution in [2.24, 2.45) is 0 Å². The Hall–Kier alpha value is -4.67. The topological polar surface area (TPSA) is 175 Å². The van der Waals surface area contributed by atoms with E-state index in [2.05, 4.69) is 13.6 Å². The smallest absolute Gasteiger partial charge is 0.346 e. The molecule has 0 radical (unpaired) electrons. The molecule has 0 saturated heterocycles. The molecule has 5 rings (SSSR count). The van der Waals surface area contributed by atoms with Crippen LogP contribution in [-0.4, -0.2) is 23.0 Å². The second-order valence-electron chi connectivity index (χ2n) is 6.04. The Morgan fingerprint density at radius 3 is 1.50 bits per heavy atom. The molecule has 2 aromatic heterocycles. The number of ether oxygens (including phenoxy) is 1. The number of cyclic esters (lactones) is 2. The van der Waals surface area contributed by atoms with Crippen molar-refractivity contribution in [3.8, 4) is 0 Å². The highest BCUT2D eigenvalue weighted by atomic mass is 16.6. The molecule has 11 nitrogen and oxygen atoms in total. The summed E-state index contributed by atoms with van der Waals surface area (Å²) in [7, 11) is 0. The molecule has 0 saturated carbocycles. The number of hydrogen-bond donors (Lipinski definition) is 1. The van der Waals surface area contributed by atoms with Crippen LogP contribution < -0.4 is 22.5 Å². The number of hydrogen-bond acceptors (Lipinski definition) is 10. The quantitative estimate of drug-likeness (QED) is 0.335. The van der Waals surface area contributed by atoms with Crippen LogP contribution in [0.5, 0.6) is 0 Å². The van der Waals surface area contributed by atoms with Gasteiger partial charge in [0.2, 0.25) is 0 Å². The molecule has 0 bridgehead atoms. The van der Waals surface area contributed by atoms with Crippen molar-refractivity contribution >= 4 is 39.5 Å². The minimum absolute atomic E-state index is 0.00917. The van der Waals surface area contributed by atoms with Crippen LogP contribution in [0.25, 0.3) is 21.5 Å². The molecule has 0 unspecified atom stereocenters. The van der Waals surface area contributed by atoms with E-state index in [4.69, 9.17) is 5.11 Å². The molecule has 1 aliphatic heterocycles. The fourth-order valence-corrected chi connectivity index (χ4v) is 2.88. The Balaban J connectivity index is 0.000000147. The highest BCUT2D eigenvalue weighted by Gasteiger charge is 2.30. The third-order valence-electron chi connectivity index (χ3n) is 4.30. The Kier molecular flexibility index (Phi) is 4.01. The number of furan rings is 2. The number of carbonyl (C=O) groups is 3. The minimum Gasteiger partial charge on any atom is -0.478 e. The molecule has 30 heavy (non-hydrogen) atoms. The van der Waals surface area contributed by atoms with E-state index in [1.165, 1.54) is 12.1 Å². The summed E-state index contributed by atoms with van der Waals surface area (Å²) in [5.74, 6) is -2.69. The van der Waals surface area contributed by atoms with Crippen molar-refractivity contribution in [1.29, 1.82) is 0 Å². The maximum absolute atomic E-state index is 11.2. The standard InChI is InChI=1S/C10H2O6.C9H4O5/c11-7-3-1-4-6(10(14)16-8(4)12)2-5(3)9(13)15-7;10-7(11)4-1-2-5-6(3-4)9(13)14-8(5)12/h1-2H;1-3H,(H,10,11). The number of esters is 2. The summed E-state index contributed by atoms with van der Waals surface area (Å²) in [6.07, 6.45) is 0. The molecule has 4 aromatic rings. The molecule has 0 amide bonds. The second kappa shape index (κ2) is 6.44. The number of aromatic carboxylic acids is 1. The molecule has 11 heteroatoms. The average Bonchev–Trinajstić information content (AvgIpc) is 3.26. The SMILES string of the molecule is O=C(O)c1ccc2c(c1)C(=O)OC2=O.O=c1oc(=O)c2cc3c(=O)oc(=O)c3cc12. The summed E-state index contributed by atoms with van der Waals surface area (Å²) in [4.78, 5) is 77.3. The molecule has 1 aliphatic rings. The number of benzene rings is 2. The van der Waals surface area contributed by atoms with Gasteiger partial charge in [-0.15, -0.1) is 0 Å². The molecule has 3 heterocycles. The number of carbonyl (C=O) groups excluding carboxylic acids is 2. The van der Waals surface area contributed by atoms with Gasteiger partial charge in [-0.2, -0.15) is 0 Å². The Morgan fingerprint density at radius 1 is 0.633 bits per heavy atom. The lowest BCUT2D eigenvalue weighted by Gasteiger charge is -1.94. The summed E-state index contributed by atoms with van der Waals surface area (Å²) < 4.78 is 13.0. The number of carboxylic acid groups (broad SMARTS) is 1. The Labute approximate surface area is 162 Å². The lowest BCUT2D eigenvalue weighted by atomic mass is 10.1. The van der Waals surface area contributed by atoms with Crippen LogP contribution in [0.4, 0.5) is 0 Å². The summed E-state index contributed by atoms with van der Waals surface area (Å²) >= 11 is 0. The number of carboxylic acids is 1. The molecule has 0 fully saturated rings. The highest BCUT2D eigenvalue weighted by molar-refractivity contribution is 6.15. The van der Waals surface area contributed by atoms with Crippen LogP contribution in [0.15, 0.2) is 58.3 Å². The third kappa shape index (κ3) is 2.81. The monoisotopic (exact) mass is 410 g/mol. The van der Waals surface area contributed by atoms with E-state index >= 15 is 0 Å². The van der Waals surface area contributed by atoms with Gasteiger partial charge in [0.15, 0.2) is 0 Å². The molecule has 0 atom stereocenters. The lowest BCUT2D eigenvalue weighted by Crippen LogP contribution is -2.00. The van der Waals surface area contributed by atoms with Crippen LogP contribution in [-0.2, 0) is 4.74 Å². The molecule has 1 N–H and O–H groups in total. The number of rotatable bonds is 1. The van der Waals surface area contributed by atoms with Crippen molar-refractivity contribution in [2.45, 2.75) is 0 Å².